The maximum absolute atomic E-state index is 14.0. The summed E-state index contributed by atoms with van der Waals surface area (Å²) in [5.74, 6) is -3.26. The number of hydrogen-bond donors (Lipinski definition) is 10. The molecule has 11 atom stereocenters. The van der Waals surface area contributed by atoms with E-state index in [4.69, 9.17) is 33.3 Å². The number of amides is 5. The van der Waals surface area contributed by atoms with Crippen LogP contribution in [0.5, 0.6) is 5.88 Å². The Morgan fingerprint density at radius 2 is 1.67 bits per heavy atom. The molecule has 3 fully saturated rings. The first-order chi connectivity index (χ1) is 37.6. The molecular formula is C47H58N12O16P2S2. The van der Waals surface area contributed by atoms with Crippen molar-refractivity contribution in [1.82, 2.24) is 45.0 Å². The molecule has 3 aliphatic rings. The molecule has 9 N–H and O–H groups in total. The van der Waals surface area contributed by atoms with Gasteiger partial charge in [0.2, 0.25) is 29.5 Å². The van der Waals surface area contributed by atoms with Gasteiger partial charge in [-0.25, -0.2) is 28.9 Å². The number of H-pyrrole nitrogens is 1. The van der Waals surface area contributed by atoms with Crippen LogP contribution in [0.2, 0.25) is 0 Å². The fourth-order valence-corrected chi connectivity index (χ4v) is 12.1. The number of aromatic nitrogens is 6. The molecule has 5 aromatic rings. The number of hydrogen-bond acceptors (Lipinski definition) is 20. The smallest absolute Gasteiger partial charge is 0.407 e. The number of carboxylic acid groups (broad SMARTS) is 1. The number of carbonyl (C=O) groups excluding carboxylic acids is 4. The van der Waals surface area contributed by atoms with Crippen molar-refractivity contribution in [2.45, 2.75) is 95.4 Å². The predicted octanol–water partition coefficient (Wildman–Crippen LogP) is 3.44. The number of nitrogens with zero attached hydrogens (tertiary/aromatic N) is 6. The maximum atomic E-state index is 14.0. The van der Waals surface area contributed by atoms with Crippen LogP contribution in [-0.2, 0) is 59.3 Å². The summed E-state index contributed by atoms with van der Waals surface area (Å²) in [7, 11) is 0. The molecule has 5 heterocycles. The van der Waals surface area contributed by atoms with E-state index < -0.39 is 110 Å². The number of imidazole rings is 1. The average molecular weight is 1170 g/mol. The van der Waals surface area contributed by atoms with Gasteiger partial charge in [-0.15, -0.1) is 0 Å². The Morgan fingerprint density at radius 1 is 0.937 bits per heavy atom. The molecule has 2 saturated heterocycles. The monoisotopic (exact) mass is 1170 g/mol. The lowest BCUT2D eigenvalue weighted by Gasteiger charge is -2.26. The van der Waals surface area contributed by atoms with Gasteiger partial charge in [0.1, 0.15) is 42.8 Å². The third kappa shape index (κ3) is 14.9. The minimum absolute atomic E-state index is 0.0640. The molecule has 2 bridgehead atoms. The van der Waals surface area contributed by atoms with E-state index in [-0.39, 0.29) is 80.0 Å². The number of nitrogens with one attached hydrogen (secondary N) is 5. The van der Waals surface area contributed by atoms with Crippen LogP contribution in [0.3, 0.4) is 0 Å². The summed E-state index contributed by atoms with van der Waals surface area (Å²) in [6.07, 6.45) is -4.05. The summed E-state index contributed by atoms with van der Waals surface area (Å²) < 4.78 is 64.0. The number of thiol groups is 2. The molecule has 8 rings (SSSR count). The van der Waals surface area contributed by atoms with Crippen LogP contribution < -0.4 is 37.3 Å². The van der Waals surface area contributed by atoms with Crippen LogP contribution in [-0.4, -0.2) is 143 Å². The molecule has 28 nitrogen and oxygen atoms in total. The number of rotatable bonds is 17. The van der Waals surface area contributed by atoms with Crippen molar-refractivity contribution >= 4 is 90.6 Å². The second-order valence-electron chi connectivity index (χ2n) is 19.0. The fraction of sp³-hybridized carbons (Fsp3) is 0.447. The number of anilines is 2. The van der Waals surface area contributed by atoms with Gasteiger partial charge in [-0.2, -0.15) is 4.98 Å². The van der Waals surface area contributed by atoms with Gasteiger partial charge < -0.3 is 50.8 Å². The molecule has 0 spiro atoms. The van der Waals surface area contributed by atoms with E-state index in [1.54, 1.807) is 62.4 Å². The summed E-state index contributed by atoms with van der Waals surface area (Å²) in [6, 6.07) is 12.5. The Labute approximate surface area is 461 Å². The number of nitrogens with two attached hydrogens (primary N) is 1. The van der Waals surface area contributed by atoms with Crippen LogP contribution in [0.15, 0.2) is 78.2 Å². The average Bonchev–Trinajstić information content (AvgIpc) is 4.22. The summed E-state index contributed by atoms with van der Waals surface area (Å²) in [5.41, 5.74) is 5.66. The highest BCUT2D eigenvalue weighted by Crippen LogP contribution is 2.60. The first-order valence-electron chi connectivity index (χ1n) is 24.7. The van der Waals surface area contributed by atoms with Crippen molar-refractivity contribution in [1.29, 1.82) is 0 Å². The highest BCUT2D eigenvalue weighted by atomic mass is 32.7. The minimum atomic E-state index is -4.37. The molecule has 1 aliphatic carbocycles. The first kappa shape index (κ1) is 58.8. The number of ether oxygens (including phenoxy) is 2. The first-order valence-corrected chi connectivity index (χ1v) is 30.1. The number of aliphatic hydroxyl groups excluding tert-OH is 1. The third-order valence-corrected chi connectivity index (χ3v) is 16.3. The SMILES string of the molecule is CC(NC(=O)C(NC(=O)CN)C(C)C)C(=O)Nc1ccc(CN(CCc2ccccc2C(=O)Nc2nc3c(ncn3[C@@H]3O[C@@H]4CO[P@@](=O)(S)O[C@H]5C[C@H](Oc6ccncn6)C[C@@H]5CO[P@@](=O)(S)O[C@@H]3[C@@H]4O)c(=O)[nH]2)C(=O)O)cc1. The van der Waals surface area contributed by atoms with Crippen molar-refractivity contribution in [3.63, 3.8) is 0 Å². The van der Waals surface area contributed by atoms with E-state index in [0.29, 0.717) is 16.8 Å². The highest BCUT2D eigenvalue weighted by molar-refractivity contribution is 8.44. The minimum Gasteiger partial charge on any atom is -0.474 e. The van der Waals surface area contributed by atoms with Gasteiger partial charge in [-0.3, -0.25) is 52.4 Å². The molecule has 3 aromatic heterocycles. The summed E-state index contributed by atoms with van der Waals surface area (Å²) in [6.45, 7) is -4.90. The van der Waals surface area contributed by atoms with Crippen LogP contribution in [0, 0.1) is 11.8 Å². The van der Waals surface area contributed by atoms with E-state index in [9.17, 15) is 48.1 Å². The molecule has 79 heavy (non-hydrogen) atoms. The summed E-state index contributed by atoms with van der Waals surface area (Å²) in [5, 5.41) is 32.1. The van der Waals surface area contributed by atoms with Crippen molar-refractivity contribution in [3.05, 3.63) is 100 Å². The summed E-state index contributed by atoms with van der Waals surface area (Å²) in [4.78, 5) is 97.8. The van der Waals surface area contributed by atoms with Crippen molar-refractivity contribution in [3.8, 4) is 5.88 Å². The lowest BCUT2D eigenvalue weighted by atomic mass is 10.0. The quantitative estimate of drug-likeness (QED) is 0.0471. The Hall–Kier alpha value is -6.30. The topological polar surface area (TPSA) is 382 Å². The Kier molecular flexibility index (Phi) is 18.9. The molecule has 1 saturated carbocycles. The van der Waals surface area contributed by atoms with Crippen LogP contribution in [0.25, 0.3) is 11.2 Å². The summed E-state index contributed by atoms with van der Waals surface area (Å²) >= 11 is 8.41. The van der Waals surface area contributed by atoms with Crippen LogP contribution in [0.4, 0.5) is 16.4 Å². The van der Waals surface area contributed by atoms with Crippen molar-refractivity contribution in [2.75, 3.05) is 36.9 Å². The van der Waals surface area contributed by atoms with E-state index in [0.717, 1.165) is 11.2 Å². The molecule has 0 radical (unpaired) electrons. The van der Waals surface area contributed by atoms with Crippen molar-refractivity contribution in [2.24, 2.45) is 17.6 Å². The number of fused-ring (bicyclic) bond motifs is 4. The number of aromatic amines is 1. The lowest BCUT2D eigenvalue weighted by Crippen LogP contribution is -2.54. The van der Waals surface area contributed by atoms with Crippen LogP contribution >= 0.6 is 38.1 Å². The third-order valence-electron chi connectivity index (χ3n) is 13.0. The van der Waals surface area contributed by atoms with Crippen molar-refractivity contribution < 1.29 is 70.9 Å². The fourth-order valence-electron chi connectivity index (χ4n) is 9.00. The number of benzene rings is 2. The van der Waals surface area contributed by atoms with E-state index in [1.807, 2.05) is 0 Å². The predicted molar refractivity (Wildman–Crippen MR) is 287 cm³/mol. The van der Waals surface area contributed by atoms with Gasteiger partial charge in [-0.05, 0) is 55.0 Å². The molecule has 2 aromatic carbocycles. The largest absolute Gasteiger partial charge is 0.474 e. The molecule has 2 unspecified atom stereocenters. The standard InChI is InChI=1S/C47H58N12O16P2S2/c1-24(2)36(54-34(60)18-48)43(64)52-25(3)41(62)53-29-10-8-26(9-11-29)19-58(47(66)67)15-13-27-6-4-5-7-31(27)42(63)56-46-55-40-37(44(65)57-46)51-23-59(40)45-39-38(61)33(73-45)21-71-76(68,78)74-32-17-30(72-35-12-14-49-22-50-35)16-28(32)20-70-77(69,79)75-39/h4-12,14,22-25,28,30,32-33,36,38-39,45,61H,13,15-21,48H2,1-3H3,(H,52,64)(H,53,62)(H,54,60)(H,66,67)(H,68,78)(H,69,79)(H2,55,56,57,63,65)/t25?,28-,30-,32+,33-,36?,38-,39-,45-,76-,77-/m1/s1. The molecule has 5 amide bonds. The van der Waals surface area contributed by atoms with Gasteiger partial charge in [0.15, 0.2) is 17.4 Å². The van der Waals surface area contributed by atoms with Gasteiger partial charge in [0.25, 0.3) is 11.5 Å². The van der Waals surface area contributed by atoms with E-state index in [1.165, 1.54) is 30.1 Å². The van der Waals surface area contributed by atoms with Gasteiger partial charge in [0.05, 0.1) is 32.2 Å². The van der Waals surface area contributed by atoms with Gasteiger partial charge in [-0.1, -0.05) is 68.7 Å². The second kappa shape index (κ2) is 25.4. The van der Waals surface area contributed by atoms with Crippen LogP contribution in [0.1, 0.15) is 61.3 Å². The number of aliphatic hydroxyl groups is 1. The normalized spacial score (nSPS) is 25.8. The highest BCUT2D eigenvalue weighted by Gasteiger charge is 2.51. The second-order valence-corrected chi connectivity index (χ2v) is 24.8. The maximum Gasteiger partial charge on any atom is 0.407 e. The lowest BCUT2D eigenvalue weighted by molar-refractivity contribution is -0.131. The Balaban J connectivity index is 0.916. The Bertz CT molecular complexity index is 3200. The van der Waals surface area contributed by atoms with E-state index >= 15 is 0 Å². The van der Waals surface area contributed by atoms with Gasteiger partial charge in [0, 0.05) is 48.9 Å². The van der Waals surface area contributed by atoms with E-state index in [2.05, 4.69) is 70.7 Å². The number of carbonyl (C=O) groups is 5. The van der Waals surface area contributed by atoms with Gasteiger partial charge >= 0.3 is 19.7 Å². The zero-order valence-corrected chi connectivity index (χ0v) is 46.1. The molecule has 2 aliphatic heterocycles. The molecular weight excluding hydrogens is 1110 g/mol. The zero-order valence-electron chi connectivity index (χ0n) is 42.5. The Morgan fingerprint density at radius 3 is 2.38 bits per heavy atom. The zero-order chi connectivity index (χ0) is 56.8. The molecule has 32 heteroatoms. The molecule has 424 valence electrons.